The van der Waals surface area contributed by atoms with E-state index in [0.29, 0.717) is 27.8 Å². The van der Waals surface area contributed by atoms with Gasteiger partial charge in [0.15, 0.2) is 6.61 Å². The van der Waals surface area contributed by atoms with Crippen LogP contribution in [-0.2, 0) is 4.79 Å². The zero-order chi connectivity index (χ0) is 17.5. The topological polar surface area (TPSA) is 80.2 Å². The van der Waals surface area contributed by atoms with Gasteiger partial charge >= 0.3 is 0 Å². The molecule has 0 aliphatic heterocycles. The van der Waals surface area contributed by atoms with E-state index < -0.39 is 5.91 Å². The summed E-state index contributed by atoms with van der Waals surface area (Å²) in [5.41, 5.74) is 3.28. The highest BCUT2D eigenvalue weighted by molar-refractivity contribution is 6.30. The highest BCUT2D eigenvalue weighted by Crippen LogP contribution is 2.23. The SMILES string of the molecule is COc1ccc(O)c(/C(C)=N/NC(=O)COc2ccc(Cl)cc2)c1. The molecule has 0 bridgehead atoms. The number of hydrazone groups is 1. The number of methoxy groups -OCH3 is 1. The molecule has 0 aromatic heterocycles. The van der Waals surface area contributed by atoms with Crippen molar-refractivity contribution in [3.8, 4) is 17.2 Å². The number of carbonyl (C=O) groups excluding carboxylic acids is 1. The third-order valence-electron chi connectivity index (χ3n) is 3.13. The number of amides is 1. The predicted octanol–water partition coefficient (Wildman–Crippen LogP) is 2.97. The van der Waals surface area contributed by atoms with E-state index in [1.165, 1.54) is 13.2 Å². The van der Waals surface area contributed by atoms with Gasteiger partial charge in [0, 0.05) is 10.6 Å². The van der Waals surface area contributed by atoms with E-state index in [0.717, 1.165) is 0 Å². The van der Waals surface area contributed by atoms with Gasteiger partial charge < -0.3 is 14.6 Å². The van der Waals surface area contributed by atoms with Crippen molar-refractivity contribution >= 4 is 23.2 Å². The van der Waals surface area contributed by atoms with E-state index in [1.807, 2.05) is 0 Å². The van der Waals surface area contributed by atoms with Gasteiger partial charge in [0.05, 0.1) is 12.8 Å². The van der Waals surface area contributed by atoms with Gasteiger partial charge in [0.1, 0.15) is 17.2 Å². The summed E-state index contributed by atoms with van der Waals surface area (Å²) < 4.78 is 10.4. The summed E-state index contributed by atoms with van der Waals surface area (Å²) in [7, 11) is 1.53. The lowest BCUT2D eigenvalue weighted by Gasteiger charge is -2.08. The summed E-state index contributed by atoms with van der Waals surface area (Å²) in [6.45, 7) is 1.47. The van der Waals surface area contributed by atoms with Gasteiger partial charge in [-0.25, -0.2) is 5.43 Å². The summed E-state index contributed by atoms with van der Waals surface area (Å²) in [5, 5.41) is 14.4. The highest BCUT2D eigenvalue weighted by atomic mass is 35.5. The Morgan fingerprint density at radius 3 is 2.54 bits per heavy atom. The summed E-state index contributed by atoms with van der Waals surface area (Å²) in [5.74, 6) is 0.728. The molecule has 0 fully saturated rings. The van der Waals surface area contributed by atoms with Crippen molar-refractivity contribution < 1.29 is 19.4 Å². The maximum absolute atomic E-state index is 11.8. The van der Waals surface area contributed by atoms with Crippen LogP contribution in [0.3, 0.4) is 0 Å². The normalized spacial score (nSPS) is 11.0. The number of halogens is 1. The smallest absolute Gasteiger partial charge is 0.277 e. The van der Waals surface area contributed by atoms with Gasteiger partial charge in [0.2, 0.25) is 0 Å². The quantitative estimate of drug-likeness (QED) is 0.621. The second-order valence-corrected chi connectivity index (χ2v) is 5.29. The molecule has 0 atom stereocenters. The van der Waals surface area contributed by atoms with Crippen LogP contribution in [0.15, 0.2) is 47.6 Å². The second kappa shape index (κ2) is 8.21. The molecule has 1 amide bonds. The fourth-order valence-electron chi connectivity index (χ4n) is 1.85. The number of hydrogen-bond acceptors (Lipinski definition) is 5. The van der Waals surface area contributed by atoms with Gasteiger partial charge in [-0.3, -0.25) is 4.79 Å². The Morgan fingerprint density at radius 1 is 1.21 bits per heavy atom. The van der Waals surface area contributed by atoms with Crippen LogP contribution in [0.4, 0.5) is 0 Å². The molecule has 0 spiro atoms. The molecule has 0 aliphatic carbocycles. The Hall–Kier alpha value is -2.73. The Morgan fingerprint density at radius 2 is 1.88 bits per heavy atom. The molecule has 0 aliphatic rings. The Kier molecular flexibility index (Phi) is 6.03. The van der Waals surface area contributed by atoms with Crippen LogP contribution in [0.2, 0.25) is 5.02 Å². The minimum Gasteiger partial charge on any atom is -0.507 e. The Bertz CT molecular complexity index is 745. The van der Waals surface area contributed by atoms with Gasteiger partial charge in [-0.2, -0.15) is 5.10 Å². The number of phenolic OH excluding ortho intramolecular Hbond substituents is 1. The van der Waals surface area contributed by atoms with Crippen LogP contribution in [0, 0.1) is 0 Å². The van der Waals surface area contributed by atoms with Crippen LogP contribution in [0.25, 0.3) is 0 Å². The summed E-state index contributed by atoms with van der Waals surface area (Å²) >= 11 is 5.77. The lowest BCUT2D eigenvalue weighted by molar-refractivity contribution is -0.123. The average Bonchev–Trinajstić information content (AvgIpc) is 2.59. The lowest BCUT2D eigenvalue weighted by atomic mass is 10.1. The van der Waals surface area contributed by atoms with Crippen LogP contribution in [0.5, 0.6) is 17.2 Å². The van der Waals surface area contributed by atoms with Crippen LogP contribution < -0.4 is 14.9 Å². The maximum Gasteiger partial charge on any atom is 0.277 e. The standard InChI is InChI=1S/C17H17ClN2O4/c1-11(15-9-14(23-2)7-8-16(15)21)19-20-17(22)10-24-13-5-3-12(18)4-6-13/h3-9,21H,10H2,1-2H3,(H,20,22)/b19-11+. The number of nitrogens with zero attached hydrogens (tertiary/aromatic N) is 1. The average molecular weight is 349 g/mol. The first-order chi connectivity index (χ1) is 11.5. The molecule has 126 valence electrons. The van der Waals surface area contributed by atoms with Gasteiger partial charge in [-0.15, -0.1) is 0 Å². The van der Waals surface area contributed by atoms with E-state index in [1.54, 1.807) is 43.3 Å². The third kappa shape index (κ3) is 4.89. The van der Waals surface area contributed by atoms with E-state index in [4.69, 9.17) is 21.1 Å². The van der Waals surface area contributed by atoms with E-state index in [2.05, 4.69) is 10.5 Å². The molecule has 2 rings (SSSR count). The van der Waals surface area contributed by atoms with Gasteiger partial charge in [-0.05, 0) is 49.4 Å². The molecule has 0 unspecified atom stereocenters. The van der Waals surface area contributed by atoms with Crippen molar-refractivity contribution in [1.29, 1.82) is 0 Å². The number of ether oxygens (including phenoxy) is 2. The largest absolute Gasteiger partial charge is 0.507 e. The molecular weight excluding hydrogens is 332 g/mol. The van der Waals surface area contributed by atoms with E-state index >= 15 is 0 Å². The van der Waals surface area contributed by atoms with Crippen molar-refractivity contribution in [2.45, 2.75) is 6.92 Å². The first-order valence-electron chi connectivity index (χ1n) is 7.08. The van der Waals surface area contributed by atoms with Gasteiger partial charge in [-0.1, -0.05) is 11.6 Å². The molecule has 24 heavy (non-hydrogen) atoms. The monoisotopic (exact) mass is 348 g/mol. The fourth-order valence-corrected chi connectivity index (χ4v) is 1.98. The zero-order valence-electron chi connectivity index (χ0n) is 13.2. The van der Waals surface area contributed by atoms with Crippen molar-refractivity contribution in [3.05, 3.63) is 53.1 Å². The highest BCUT2D eigenvalue weighted by Gasteiger charge is 2.08. The van der Waals surface area contributed by atoms with E-state index in [9.17, 15) is 9.90 Å². The fraction of sp³-hybridized carbons (Fsp3) is 0.176. The molecule has 2 aromatic rings. The molecule has 7 heteroatoms. The molecule has 2 aromatic carbocycles. The van der Waals surface area contributed by atoms with Crippen LogP contribution in [-0.4, -0.2) is 30.4 Å². The summed E-state index contributed by atoms with van der Waals surface area (Å²) in [6, 6.07) is 11.4. The molecule has 0 saturated carbocycles. The summed E-state index contributed by atoms with van der Waals surface area (Å²) in [4.78, 5) is 11.8. The number of carbonyl (C=O) groups is 1. The van der Waals surface area contributed by atoms with Crippen LogP contribution >= 0.6 is 11.6 Å². The maximum atomic E-state index is 11.8. The Labute approximate surface area is 144 Å². The lowest BCUT2D eigenvalue weighted by Crippen LogP contribution is -2.25. The van der Waals surface area contributed by atoms with Crippen molar-refractivity contribution in [3.63, 3.8) is 0 Å². The molecule has 0 radical (unpaired) electrons. The number of phenols is 1. The van der Waals surface area contributed by atoms with Crippen LogP contribution in [0.1, 0.15) is 12.5 Å². The van der Waals surface area contributed by atoms with Gasteiger partial charge in [0.25, 0.3) is 5.91 Å². The number of rotatable bonds is 6. The molecule has 6 nitrogen and oxygen atoms in total. The minimum absolute atomic E-state index is 0.0451. The number of aromatic hydroxyl groups is 1. The van der Waals surface area contributed by atoms with Crippen molar-refractivity contribution in [2.24, 2.45) is 5.10 Å². The molecule has 0 heterocycles. The number of benzene rings is 2. The predicted molar refractivity (Wildman–Crippen MR) is 92.0 cm³/mol. The Balaban J connectivity index is 1.94. The van der Waals surface area contributed by atoms with Crippen molar-refractivity contribution in [1.82, 2.24) is 5.43 Å². The number of hydrogen-bond donors (Lipinski definition) is 2. The summed E-state index contributed by atoms with van der Waals surface area (Å²) in [6.07, 6.45) is 0. The third-order valence-corrected chi connectivity index (χ3v) is 3.38. The van der Waals surface area contributed by atoms with Crippen molar-refractivity contribution in [2.75, 3.05) is 13.7 Å². The molecule has 2 N–H and O–H groups in total. The van der Waals surface area contributed by atoms with E-state index in [-0.39, 0.29) is 12.4 Å². The number of nitrogens with one attached hydrogen (secondary N) is 1. The molecule has 0 saturated heterocycles. The minimum atomic E-state index is -0.424. The second-order valence-electron chi connectivity index (χ2n) is 4.86. The zero-order valence-corrected chi connectivity index (χ0v) is 14.0. The first-order valence-corrected chi connectivity index (χ1v) is 7.46. The molecular formula is C17H17ClN2O4. The first kappa shape index (κ1) is 17.6.